The van der Waals surface area contributed by atoms with Crippen molar-refractivity contribution in [1.82, 2.24) is 10.0 Å². The van der Waals surface area contributed by atoms with Gasteiger partial charge in [0.1, 0.15) is 0 Å². The van der Waals surface area contributed by atoms with Gasteiger partial charge in [0.15, 0.2) is 5.78 Å². The van der Waals surface area contributed by atoms with Gasteiger partial charge < -0.3 is 15.2 Å². The third-order valence-electron chi connectivity index (χ3n) is 11.7. The van der Waals surface area contributed by atoms with Crippen molar-refractivity contribution in [2.75, 3.05) is 0 Å². The zero-order valence-electron chi connectivity index (χ0n) is 23.5. The number of hydrogen-bond acceptors (Lipinski definition) is 6. The molecule has 11 atom stereocenters. The third-order valence-corrected chi connectivity index (χ3v) is 13.2. The van der Waals surface area contributed by atoms with Crippen molar-refractivity contribution < 1.29 is 27.9 Å². The summed E-state index contributed by atoms with van der Waals surface area (Å²) in [7, 11) is -3.94. The molecule has 6 rings (SSSR count). The molecule has 3 aliphatic carbocycles. The maximum atomic E-state index is 14.0. The number of fused-ring (bicyclic) bond motifs is 3. The molecule has 0 aromatic heterocycles. The number of benzene rings is 1. The van der Waals surface area contributed by atoms with Crippen LogP contribution in [0.1, 0.15) is 66.7 Å². The molecule has 39 heavy (non-hydrogen) atoms. The van der Waals surface area contributed by atoms with Crippen LogP contribution in [0.2, 0.25) is 0 Å². The number of nitrogens with one attached hydrogen (secondary N) is 2. The zero-order chi connectivity index (χ0) is 28.1. The lowest BCUT2D eigenvalue weighted by atomic mass is 9.42. The van der Waals surface area contributed by atoms with Gasteiger partial charge in [0, 0.05) is 41.5 Å². The van der Waals surface area contributed by atoms with Crippen LogP contribution >= 0.6 is 0 Å². The minimum atomic E-state index is -3.94. The van der Waals surface area contributed by atoms with E-state index in [0.29, 0.717) is 6.42 Å². The molecule has 9 heteroatoms. The van der Waals surface area contributed by atoms with E-state index in [0.717, 1.165) is 19.3 Å². The van der Waals surface area contributed by atoms with Gasteiger partial charge in [-0.2, -0.15) is 0 Å². The van der Waals surface area contributed by atoms with Crippen LogP contribution in [0.4, 0.5) is 0 Å². The van der Waals surface area contributed by atoms with Crippen molar-refractivity contribution in [1.29, 1.82) is 0 Å². The fourth-order valence-electron chi connectivity index (χ4n) is 9.53. The fraction of sp³-hybridized carbons (Fsp3) is 0.733. The number of aliphatic hydroxyl groups is 1. The smallest absolute Gasteiger partial charge is 0.241 e. The Morgan fingerprint density at radius 3 is 2.44 bits per heavy atom. The van der Waals surface area contributed by atoms with Crippen LogP contribution in [0.25, 0.3) is 0 Å². The Balaban J connectivity index is 1.45. The normalized spacial score (nSPS) is 46.9. The topological polar surface area (TPSA) is 122 Å². The minimum absolute atomic E-state index is 0.0272. The van der Waals surface area contributed by atoms with Crippen molar-refractivity contribution in [3.05, 3.63) is 30.3 Å². The highest BCUT2D eigenvalue weighted by atomic mass is 32.2. The second-order valence-electron chi connectivity index (χ2n) is 13.8. The summed E-state index contributed by atoms with van der Waals surface area (Å²) in [5.41, 5.74) is -1.98. The van der Waals surface area contributed by atoms with E-state index in [1.165, 1.54) is 12.1 Å². The highest BCUT2D eigenvalue weighted by Gasteiger charge is 2.72. The van der Waals surface area contributed by atoms with Gasteiger partial charge in [-0.15, -0.1) is 0 Å². The molecule has 3 N–H and O–H groups in total. The lowest BCUT2D eigenvalue weighted by molar-refractivity contribution is -0.325. The highest BCUT2D eigenvalue weighted by molar-refractivity contribution is 7.89. The molecule has 5 aliphatic rings. The van der Waals surface area contributed by atoms with Crippen LogP contribution in [0.5, 0.6) is 0 Å². The molecule has 5 fully saturated rings. The van der Waals surface area contributed by atoms with Gasteiger partial charge in [-0.05, 0) is 56.1 Å². The van der Waals surface area contributed by atoms with Crippen molar-refractivity contribution in [3.8, 4) is 0 Å². The van der Waals surface area contributed by atoms with E-state index in [1.54, 1.807) is 18.2 Å². The van der Waals surface area contributed by atoms with Crippen molar-refractivity contribution >= 4 is 21.7 Å². The van der Waals surface area contributed by atoms with E-state index in [2.05, 4.69) is 23.9 Å². The summed E-state index contributed by atoms with van der Waals surface area (Å²) in [5.74, 6) is -0.456. The Morgan fingerprint density at radius 1 is 1.05 bits per heavy atom. The van der Waals surface area contributed by atoms with Crippen LogP contribution in [0.3, 0.4) is 0 Å². The summed E-state index contributed by atoms with van der Waals surface area (Å²) < 4.78 is 37.0. The number of ketones is 1. The first-order valence-electron chi connectivity index (χ1n) is 14.5. The van der Waals surface area contributed by atoms with E-state index in [1.807, 2.05) is 20.8 Å². The Kier molecular flexibility index (Phi) is 6.20. The van der Waals surface area contributed by atoms with Gasteiger partial charge in [-0.3, -0.25) is 9.59 Å². The summed E-state index contributed by atoms with van der Waals surface area (Å²) in [5, 5.41) is 14.4. The first kappa shape index (κ1) is 27.4. The first-order chi connectivity index (χ1) is 18.2. The lowest BCUT2D eigenvalue weighted by Gasteiger charge is -2.70. The molecule has 2 saturated heterocycles. The number of rotatable bonds is 3. The predicted octanol–water partition coefficient (Wildman–Crippen LogP) is 3.04. The first-order valence-corrected chi connectivity index (χ1v) is 16.0. The maximum Gasteiger partial charge on any atom is 0.241 e. The number of amides is 1. The van der Waals surface area contributed by atoms with Crippen molar-refractivity contribution in [2.24, 2.45) is 40.4 Å². The quantitative estimate of drug-likeness (QED) is 0.524. The molecule has 11 unspecified atom stereocenters. The van der Waals surface area contributed by atoms with E-state index in [4.69, 9.17) is 4.74 Å². The molecule has 2 aliphatic heterocycles. The number of carbonyl (C=O) groups is 2. The highest BCUT2D eigenvalue weighted by Crippen LogP contribution is 2.68. The van der Waals surface area contributed by atoms with Crippen LogP contribution in [0.15, 0.2) is 35.2 Å². The average Bonchev–Trinajstić information content (AvgIpc) is 3.16. The average molecular weight is 559 g/mol. The third kappa shape index (κ3) is 3.75. The zero-order valence-corrected chi connectivity index (χ0v) is 24.3. The molecule has 1 aromatic carbocycles. The monoisotopic (exact) mass is 558 g/mol. The van der Waals surface area contributed by atoms with Crippen molar-refractivity contribution in [2.45, 2.75) is 102 Å². The molecule has 0 radical (unpaired) electrons. The van der Waals surface area contributed by atoms with Gasteiger partial charge >= 0.3 is 0 Å². The minimum Gasteiger partial charge on any atom is -0.393 e. The summed E-state index contributed by atoms with van der Waals surface area (Å²) in [4.78, 5) is 26.9. The van der Waals surface area contributed by atoms with Gasteiger partial charge in [-0.1, -0.05) is 45.9 Å². The van der Waals surface area contributed by atoms with Gasteiger partial charge in [0.2, 0.25) is 15.9 Å². The van der Waals surface area contributed by atoms with Gasteiger partial charge in [0.05, 0.1) is 28.7 Å². The maximum absolute atomic E-state index is 14.0. The molecule has 2 heterocycles. The second kappa shape index (κ2) is 8.84. The van der Waals surface area contributed by atoms with E-state index < -0.39 is 33.2 Å². The molecule has 1 spiro atoms. The van der Waals surface area contributed by atoms with Gasteiger partial charge in [0.25, 0.3) is 0 Å². The number of Topliss-reactive ketones (excluding diaryl/α,β-unsaturated/α-hetero) is 1. The van der Waals surface area contributed by atoms with E-state index in [-0.39, 0.29) is 70.2 Å². The SMILES string of the molecule is CC1NC(=O)C2CC(O)C3CC4(C)C(C)CCC5C(C)(C)C(=O)C(NS(=O)(=O)c6ccccc6)CC54OC3C12. The number of sulfonamides is 1. The van der Waals surface area contributed by atoms with Crippen LogP contribution in [0, 0.1) is 40.4 Å². The van der Waals surface area contributed by atoms with Gasteiger partial charge in [-0.25, -0.2) is 13.1 Å². The largest absolute Gasteiger partial charge is 0.393 e. The van der Waals surface area contributed by atoms with E-state index >= 15 is 0 Å². The number of ether oxygens (including phenoxy) is 1. The molecule has 8 nitrogen and oxygen atoms in total. The molecule has 214 valence electrons. The Labute approximate surface area is 231 Å². The lowest BCUT2D eigenvalue weighted by Crippen LogP contribution is -2.75. The van der Waals surface area contributed by atoms with Crippen LogP contribution in [-0.2, 0) is 24.3 Å². The molecular formula is C30H42N2O6S. The summed E-state index contributed by atoms with van der Waals surface area (Å²) >= 11 is 0. The predicted molar refractivity (Wildman–Crippen MR) is 145 cm³/mol. The summed E-state index contributed by atoms with van der Waals surface area (Å²) in [6.45, 7) is 10.4. The second-order valence-corrected chi connectivity index (χ2v) is 15.6. The van der Waals surface area contributed by atoms with Crippen LogP contribution < -0.4 is 10.0 Å². The number of aliphatic hydroxyl groups excluding tert-OH is 1. The molecule has 1 amide bonds. The molecule has 3 saturated carbocycles. The Bertz CT molecular complexity index is 1280. The molecule has 1 aromatic rings. The van der Waals surface area contributed by atoms with Crippen molar-refractivity contribution in [3.63, 3.8) is 0 Å². The van der Waals surface area contributed by atoms with Crippen LogP contribution in [-0.4, -0.2) is 55.1 Å². The fourth-order valence-corrected chi connectivity index (χ4v) is 10.7. The molecule has 0 bridgehead atoms. The summed E-state index contributed by atoms with van der Waals surface area (Å²) in [6, 6.07) is 7.15. The Morgan fingerprint density at radius 2 is 1.74 bits per heavy atom. The number of carbonyl (C=O) groups excluding carboxylic acids is 2. The standard InChI is InChI=1S/C30H42N2O6S/c1-16-11-12-23-28(3,4)26(34)21(32-39(36,37)18-9-7-6-8-10-18)15-30(23)29(16,5)14-20-22(33)13-19-24(25(20)38-30)17(2)31-27(19)35/h6-10,16-17,19-25,32-33H,11-15H2,1-5H3,(H,31,35). The molecular weight excluding hydrogens is 516 g/mol. The summed E-state index contributed by atoms with van der Waals surface area (Å²) in [6.07, 6.45) is 2.19. The van der Waals surface area contributed by atoms with E-state index in [9.17, 15) is 23.1 Å². The number of hydrogen-bond donors (Lipinski definition) is 3. The Hall–Kier alpha value is -1.81.